The number of ether oxygens (including phenoxy) is 1. The molecule has 30 heavy (non-hydrogen) atoms. The lowest BCUT2D eigenvalue weighted by molar-refractivity contribution is -0.111. The van der Waals surface area contributed by atoms with Crippen molar-refractivity contribution in [2.75, 3.05) is 10.6 Å². The fourth-order valence-corrected chi connectivity index (χ4v) is 3.03. The Bertz CT molecular complexity index is 1250. The van der Waals surface area contributed by atoms with E-state index in [0.717, 1.165) is 16.8 Å². The minimum Gasteiger partial charge on any atom is -0.437 e. The Morgan fingerprint density at radius 2 is 2.07 bits per heavy atom. The predicted molar refractivity (Wildman–Crippen MR) is 118 cm³/mol. The monoisotopic (exact) mass is 419 g/mol. The number of nitrogens with zero attached hydrogens (tertiary/aromatic N) is 3. The van der Waals surface area contributed by atoms with Crippen molar-refractivity contribution >= 4 is 40.2 Å². The molecule has 0 aliphatic carbocycles. The lowest BCUT2D eigenvalue weighted by atomic mass is 10.2. The lowest BCUT2D eigenvalue weighted by Gasteiger charge is -2.14. The number of para-hydroxylation sites is 1. The zero-order valence-electron chi connectivity index (χ0n) is 16.1. The summed E-state index contributed by atoms with van der Waals surface area (Å²) in [6, 6.07) is 12.9. The van der Waals surface area contributed by atoms with Crippen LogP contribution in [-0.4, -0.2) is 20.3 Å². The summed E-state index contributed by atoms with van der Waals surface area (Å²) < 4.78 is 7.75. The molecule has 2 aromatic heterocycles. The zero-order chi connectivity index (χ0) is 21.1. The van der Waals surface area contributed by atoms with E-state index in [2.05, 4.69) is 27.2 Å². The third kappa shape index (κ3) is 3.97. The smallest absolute Gasteiger partial charge is 0.247 e. The fraction of sp³-hybridized carbons (Fsp3) is 0.0455. The lowest BCUT2D eigenvalue weighted by Crippen LogP contribution is -2.07. The van der Waals surface area contributed by atoms with Crippen molar-refractivity contribution in [3.63, 3.8) is 0 Å². The van der Waals surface area contributed by atoms with Crippen molar-refractivity contribution in [2.45, 2.75) is 6.92 Å². The Morgan fingerprint density at radius 1 is 1.23 bits per heavy atom. The first kappa shape index (κ1) is 19.5. The average Bonchev–Trinajstić information content (AvgIpc) is 3.24. The Hall–Kier alpha value is -3.84. The highest BCUT2D eigenvalue weighted by Crippen LogP contribution is 2.33. The van der Waals surface area contributed by atoms with E-state index >= 15 is 0 Å². The van der Waals surface area contributed by atoms with Gasteiger partial charge in [-0.25, -0.2) is 9.97 Å². The molecule has 1 amide bonds. The molecule has 0 fully saturated rings. The van der Waals surface area contributed by atoms with E-state index in [1.165, 1.54) is 6.08 Å². The second kappa shape index (κ2) is 8.26. The van der Waals surface area contributed by atoms with E-state index in [1.807, 2.05) is 31.2 Å². The van der Waals surface area contributed by atoms with Gasteiger partial charge < -0.3 is 15.4 Å². The van der Waals surface area contributed by atoms with E-state index in [4.69, 9.17) is 16.3 Å². The molecule has 0 spiro atoms. The number of imidazole rings is 1. The number of halogens is 1. The molecule has 8 heteroatoms. The van der Waals surface area contributed by atoms with E-state index in [1.54, 1.807) is 41.3 Å². The van der Waals surface area contributed by atoms with Gasteiger partial charge in [-0.3, -0.25) is 9.20 Å². The van der Waals surface area contributed by atoms with Gasteiger partial charge in [-0.15, -0.1) is 0 Å². The number of carbonyl (C=O) groups excluding carboxylic acids is 1. The van der Waals surface area contributed by atoms with E-state index < -0.39 is 0 Å². The van der Waals surface area contributed by atoms with Gasteiger partial charge in [0, 0.05) is 17.4 Å². The summed E-state index contributed by atoms with van der Waals surface area (Å²) in [6.45, 7) is 5.46. The summed E-state index contributed by atoms with van der Waals surface area (Å²) in [6.07, 6.45) is 6.10. The highest BCUT2D eigenvalue weighted by Gasteiger charge is 2.13. The summed E-state index contributed by atoms with van der Waals surface area (Å²) in [7, 11) is 0. The quantitative estimate of drug-likeness (QED) is 0.412. The van der Waals surface area contributed by atoms with Gasteiger partial charge in [-0.1, -0.05) is 36.4 Å². The van der Waals surface area contributed by atoms with E-state index in [0.29, 0.717) is 28.2 Å². The van der Waals surface area contributed by atoms with Gasteiger partial charge in [0.15, 0.2) is 5.82 Å². The number of carbonyl (C=O) groups is 1. The molecule has 150 valence electrons. The molecular weight excluding hydrogens is 402 g/mol. The molecule has 2 aromatic carbocycles. The van der Waals surface area contributed by atoms with Crippen LogP contribution in [0.1, 0.15) is 5.56 Å². The highest BCUT2D eigenvalue weighted by molar-refractivity contribution is 6.32. The van der Waals surface area contributed by atoms with Crippen LogP contribution in [0.4, 0.5) is 17.2 Å². The first-order valence-electron chi connectivity index (χ1n) is 9.09. The Kier molecular flexibility index (Phi) is 5.36. The van der Waals surface area contributed by atoms with Gasteiger partial charge in [0.1, 0.15) is 17.6 Å². The molecule has 0 radical (unpaired) electrons. The minimum absolute atomic E-state index is 0.325. The first-order chi connectivity index (χ1) is 14.5. The summed E-state index contributed by atoms with van der Waals surface area (Å²) in [5.41, 5.74) is 3.33. The van der Waals surface area contributed by atoms with Crippen molar-refractivity contribution in [3.05, 3.63) is 84.4 Å². The maximum Gasteiger partial charge on any atom is 0.247 e. The first-order valence-corrected chi connectivity index (χ1v) is 9.47. The SMILES string of the molecule is C=CC(=O)Nc1ccc(Cl)c(Oc2cnc(Nc3ccccc3C)c3cncn23)c1. The zero-order valence-corrected chi connectivity index (χ0v) is 16.8. The molecule has 4 rings (SSSR count). The van der Waals surface area contributed by atoms with Crippen LogP contribution in [0.5, 0.6) is 11.6 Å². The molecule has 7 nitrogen and oxygen atoms in total. The van der Waals surface area contributed by atoms with Crippen molar-refractivity contribution < 1.29 is 9.53 Å². The van der Waals surface area contributed by atoms with Gasteiger partial charge in [0.05, 0.1) is 17.4 Å². The van der Waals surface area contributed by atoms with Crippen molar-refractivity contribution in [2.24, 2.45) is 0 Å². The molecule has 0 saturated heterocycles. The van der Waals surface area contributed by atoms with E-state index in [9.17, 15) is 4.79 Å². The Labute approximate surface area is 178 Å². The molecular formula is C22H18ClN5O2. The fourth-order valence-electron chi connectivity index (χ4n) is 2.87. The molecule has 4 aromatic rings. The molecule has 2 N–H and O–H groups in total. The normalized spacial score (nSPS) is 10.6. The van der Waals surface area contributed by atoms with Gasteiger partial charge in [-0.05, 0) is 36.8 Å². The second-order valence-electron chi connectivity index (χ2n) is 6.47. The largest absolute Gasteiger partial charge is 0.437 e. The van der Waals surface area contributed by atoms with Crippen molar-refractivity contribution in [1.82, 2.24) is 14.4 Å². The van der Waals surface area contributed by atoms with Crippen LogP contribution in [0.25, 0.3) is 5.52 Å². The standard InChI is InChI=1S/C22H18ClN5O2/c1-3-20(29)26-15-8-9-16(23)19(10-15)30-21-12-25-22(18-11-24-13-28(18)21)27-17-7-5-4-6-14(17)2/h3-13H,1H2,2H3,(H,25,27)(H,26,29). The third-order valence-electron chi connectivity index (χ3n) is 4.42. The van der Waals surface area contributed by atoms with Gasteiger partial charge in [0.25, 0.3) is 0 Å². The minimum atomic E-state index is -0.325. The summed E-state index contributed by atoms with van der Waals surface area (Å²) in [5.74, 6) is 1.11. The van der Waals surface area contributed by atoms with Crippen molar-refractivity contribution in [3.8, 4) is 11.6 Å². The van der Waals surface area contributed by atoms with Gasteiger partial charge in [-0.2, -0.15) is 0 Å². The number of aromatic nitrogens is 3. The molecule has 2 heterocycles. The number of hydrogen-bond acceptors (Lipinski definition) is 5. The van der Waals surface area contributed by atoms with Crippen LogP contribution in [0.2, 0.25) is 5.02 Å². The average molecular weight is 420 g/mol. The number of amides is 1. The molecule has 0 bridgehead atoms. The van der Waals surface area contributed by atoms with E-state index in [-0.39, 0.29) is 5.91 Å². The summed E-state index contributed by atoms with van der Waals surface area (Å²) in [5, 5.41) is 6.40. The highest BCUT2D eigenvalue weighted by atomic mass is 35.5. The Balaban J connectivity index is 1.66. The van der Waals surface area contributed by atoms with Crippen LogP contribution in [-0.2, 0) is 4.79 Å². The third-order valence-corrected chi connectivity index (χ3v) is 4.73. The summed E-state index contributed by atoms with van der Waals surface area (Å²) >= 11 is 6.28. The van der Waals surface area contributed by atoms with Crippen LogP contribution >= 0.6 is 11.6 Å². The maximum atomic E-state index is 11.6. The van der Waals surface area contributed by atoms with Crippen molar-refractivity contribution in [1.29, 1.82) is 0 Å². The number of aryl methyl sites for hydroxylation is 1. The second-order valence-corrected chi connectivity index (χ2v) is 6.88. The number of hydrogen-bond donors (Lipinski definition) is 2. The van der Waals surface area contributed by atoms with Gasteiger partial charge in [0.2, 0.25) is 11.8 Å². The number of anilines is 3. The molecule has 0 unspecified atom stereocenters. The van der Waals surface area contributed by atoms with Crippen LogP contribution in [0.15, 0.2) is 73.8 Å². The predicted octanol–water partition coefficient (Wildman–Crippen LogP) is 5.35. The molecule has 0 aliphatic heterocycles. The van der Waals surface area contributed by atoms with Crippen LogP contribution in [0.3, 0.4) is 0 Å². The number of fused-ring (bicyclic) bond motifs is 1. The van der Waals surface area contributed by atoms with Crippen LogP contribution in [0, 0.1) is 6.92 Å². The topological polar surface area (TPSA) is 80.5 Å². The number of benzene rings is 2. The number of rotatable bonds is 6. The molecule has 0 saturated carbocycles. The number of nitrogens with one attached hydrogen (secondary N) is 2. The van der Waals surface area contributed by atoms with Crippen LogP contribution < -0.4 is 15.4 Å². The van der Waals surface area contributed by atoms with Gasteiger partial charge >= 0.3 is 0 Å². The molecule has 0 aliphatic rings. The molecule has 0 atom stereocenters. The maximum absolute atomic E-state index is 11.6. The summed E-state index contributed by atoms with van der Waals surface area (Å²) in [4.78, 5) is 20.3. The Morgan fingerprint density at radius 3 is 2.87 bits per heavy atom.